The zero-order valence-electron chi connectivity index (χ0n) is 14.6. The van der Waals surface area contributed by atoms with Crippen LogP contribution in [0.2, 0.25) is 0 Å². The first kappa shape index (κ1) is 18.0. The highest BCUT2D eigenvalue weighted by Gasteiger charge is 2.05. The Kier molecular flexibility index (Phi) is 5.58. The topological polar surface area (TPSA) is 54.8 Å². The van der Waals surface area contributed by atoms with Gasteiger partial charge in [-0.25, -0.2) is 14.1 Å². The smallest absolute Gasteiger partial charge is 0.248 e. The lowest BCUT2D eigenvalue weighted by atomic mass is 10.0. The molecule has 7 heteroatoms. The maximum atomic E-state index is 12.9. The van der Waals surface area contributed by atoms with Crippen molar-refractivity contribution in [1.82, 2.24) is 14.8 Å². The summed E-state index contributed by atoms with van der Waals surface area (Å²) in [6, 6.07) is 14.4. The molecule has 1 heterocycles. The van der Waals surface area contributed by atoms with Crippen LogP contribution in [0.3, 0.4) is 0 Å². The fourth-order valence-electron chi connectivity index (χ4n) is 2.42. The monoisotopic (exact) mass is 369 g/mol. The van der Waals surface area contributed by atoms with Crippen molar-refractivity contribution in [2.45, 2.75) is 26.3 Å². The third-order valence-corrected chi connectivity index (χ3v) is 4.06. The van der Waals surface area contributed by atoms with Crippen LogP contribution in [-0.4, -0.2) is 19.9 Å². The van der Waals surface area contributed by atoms with Crippen molar-refractivity contribution in [3.05, 3.63) is 71.8 Å². The Morgan fingerprint density at radius 2 is 1.77 bits per heavy atom. The van der Waals surface area contributed by atoms with Gasteiger partial charge in [-0.2, -0.15) is 0 Å². The first-order valence-corrected chi connectivity index (χ1v) is 8.72. The average Bonchev–Trinajstić information content (AvgIpc) is 3.04. The molecule has 1 aromatic heterocycles. The van der Waals surface area contributed by atoms with E-state index in [9.17, 15) is 4.39 Å². The molecular formula is C19H20FN5S. The lowest BCUT2D eigenvalue weighted by Crippen LogP contribution is -2.20. The Morgan fingerprint density at radius 3 is 2.42 bits per heavy atom. The molecule has 2 aromatic carbocycles. The molecular weight excluding hydrogens is 349 g/mol. The zero-order valence-corrected chi connectivity index (χ0v) is 15.4. The molecule has 0 aliphatic heterocycles. The van der Waals surface area contributed by atoms with Crippen LogP contribution in [0.5, 0.6) is 0 Å². The van der Waals surface area contributed by atoms with Gasteiger partial charge in [0.25, 0.3) is 0 Å². The van der Waals surface area contributed by atoms with E-state index in [1.807, 2.05) is 12.1 Å². The highest BCUT2D eigenvalue weighted by atomic mass is 32.1. The maximum absolute atomic E-state index is 12.9. The van der Waals surface area contributed by atoms with Gasteiger partial charge >= 0.3 is 0 Å². The van der Waals surface area contributed by atoms with Crippen LogP contribution in [0, 0.1) is 5.82 Å². The van der Waals surface area contributed by atoms with Crippen LogP contribution >= 0.6 is 12.2 Å². The van der Waals surface area contributed by atoms with Crippen molar-refractivity contribution in [2.24, 2.45) is 0 Å². The van der Waals surface area contributed by atoms with Crippen molar-refractivity contribution < 1.29 is 4.39 Å². The fraction of sp³-hybridized carbons (Fsp3) is 0.211. The predicted octanol–water partition coefficient (Wildman–Crippen LogP) is 4.40. The van der Waals surface area contributed by atoms with E-state index >= 15 is 0 Å². The van der Waals surface area contributed by atoms with Gasteiger partial charge in [0.1, 0.15) is 12.1 Å². The molecule has 3 rings (SSSR count). The summed E-state index contributed by atoms with van der Waals surface area (Å²) in [5, 5.41) is 10.8. The van der Waals surface area contributed by atoms with Gasteiger partial charge < -0.3 is 5.32 Å². The molecule has 0 unspecified atom stereocenters. The fourth-order valence-corrected chi connectivity index (χ4v) is 2.63. The highest BCUT2D eigenvalue weighted by Crippen LogP contribution is 2.17. The van der Waals surface area contributed by atoms with Crippen molar-refractivity contribution in [3.63, 3.8) is 0 Å². The Bertz CT molecular complexity index is 872. The van der Waals surface area contributed by atoms with Gasteiger partial charge in [-0.3, -0.25) is 5.32 Å². The Balaban J connectivity index is 1.56. The van der Waals surface area contributed by atoms with Crippen molar-refractivity contribution in [3.8, 4) is 0 Å². The third kappa shape index (κ3) is 4.86. The standard InChI is InChI=1S/C19H20FN5S/c1-13(2)15-5-9-17(10-6-15)22-19(26)23-18-21-12-25(24-18)11-14-3-7-16(20)8-4-14/h3-10,12-13H,11H2,1-2H3,(H2,22,23,24,26). The molecule has 0 amide bonds. The number of nitrogens with one attached hydrogen (secondary N) is 2. The number of rotatable bonds is 5. The van der Waals surface area contributed by atoms with Crippen LogP contribution < -0.4 is 10.6 Å². The summed E-state index contributed by atoms with van der Waals surface area (Å²) in [6.45, 7) is 4.82. The first-order valence-electron chi connectivity index (χ1n) is 8.31. The van der Waals surface area contributed by atoms with Gasteiger partial charge in [0.2, 0.25) is 5.95 Å². The van der Waals surface area contributed by atoms with Crippen molar-refractivity contribution in [1.29, 1.82) is 0 Å². The second-order valence-corrected chi connectivity index (χ2v) is 6.66. The molecule has 0 saturated heterocycles. The minimum Gasteiger partial charge on any atom is -0.332 e. The molecule has 26 heavy (non-hydrogen) atoms. The summed E-state index contributed by atoms with van der Waals surface area (Å²) in [6.07, 6.45) is 1.60. The quantitative estimate of drug-likeness (QED) is 0.653. The molecule has 0 spiro atoms. The van der Waals surface area contributed by atoms with E-state index in [1.165, 1.54) is 17.7 Å². The summed E-state index contributed by atoms with van der Waals surface area (Å²) in [5.41, 5.74) is 3.11. The Hall–Kier alpha value is -2.80. The molecule has 2 N–H and O–H groups in total. The minimum absolute atomic E-state index is 0.257. The number of halogens is 1. The van der Waals surface area contributed by atoms with Gasteiger partial charge in [-0.15, -0.1) is 5.10 Å². The van der Waals surface area contributed by atoms with E-state index in [0.29, 0.717) is 23.5 Å². The largest absolute Gasteiger partial charge is 0.332 e. The molecule has 0 aliphatic rings. The molecule has 5 nitrogen and oxygen atoms in total. The van der Waals surface area contributed by atoms with Gasteiger partial charge in [0.15, 0.2) is 5.11 Å². The number of hydrogen-bond donors (Lipinski definition) is 2. The summed E-state index contributed by atoms with van der Waals surface area (Å²) in [5.74, 6) is 0.638. The van der Waals surface area contributed by atoms with Gasteiger partial charge in [0, 0.05) is 5.69 Å². The van der Waals surface area contributed by atoms with Crippen molar-refractivity contribution >= 4 is 29.0 Å². The minimum atomic E-state index is -0.257. The molecule has 0 atom stereocenters. The van der Waals surface area contributed by atoms with E-state index in [1.54, 1.807) is 23.1 Å². The number of hydrogen-bond acceptors (Lipinski definition) is 3. The SMILES string of the molecule is CC(C)c1ccc(NC(=S)Nc2ncn(Cc3ccc(F)cc3)n2)cc1. The number of thiocarbonyl (C=S) groups is 1. The van der Waals surface area contributed by atoms with Crippen LogP contribution in [0.1, 0.15) is 30.9 Å². The molecule has 0 saturated carbocycles. The molecule has 3 aromatic rings. The average molecular weight is 369 g/mol. The zero-order chi connectivity index (χ0) is 18.5. The molecule has 0 bridgehead atoms. The van der Waals surface area contributed by atoms with Crippen molar-refractivity contribution in [2.75, 3.05) is 10.6 Å². The second kappa shape index (κ2) is 8.05. The van der Waals surface area contributed by atoms with E-state index in [4.69, 9.17) is 12.2 Å². The second-order valence-electron chi connectivity index (χ2n) is 6.25. The Labute approximate surface area is 157 Å². The normalized spacial score (nSPS) is 10.8. The van der Waals surface area contributed by atoms with Gasteiger partial charge in [0.05, 0.1) is 6.54 Å². The van der Waals surface area contributed by atoms with E-state index < -0.39 is 0 Å². The number of aromatic nitrogens is 3. The predicted molar refractivity (Wildman–Crippen MR) is 106 cm³/mol. The first-order chi connectivity index (χ1) is 12.5. The Morgan fingerprint density at radius 1 is 1.08 bits per heavy atom. The van der Waals surface area contributed by atoms with E-state index in [2.05, 4.69) is 46.7 Å². The van der Waals surface area contributed by atoms with Crippen LogP contribution in [0.15, 0.2) is 54.9 Å². The summed E-state index contributed by atoms with van der Waals surface area (Å²) in [7, 11) is 0. The van der Waals surface area contributed by atoms with Gasteiger partial charge in [-0.1, -0.05) is 38.1 Å². The number of nitrogens with zero attached hydrogens (tertiary/aromatic N) is 3. The lowest BCUT2D eigenvalue weighted by molar-refractivity contribution is 0.624. The summed E-state index contributed by atoms with van der Waals surface area (Å²) in [4.78, 5) is 4.19. The van der Waals surface area contributed by atoms with Crippen LogP contribution in [-0.2, 0) is 6.54 Å². The molecule has 0 radical (unpaired) electrons. The summed E-state index contributed by atoms with van der Waals surface area (Å²) >= 11 is 5.30. The van der Waals surface area contributed by atoms with Crippen LogP contribution in [0.25, 0.3) is 0 Å². The van der Waals surface area contributed by atoms with E-state index in [-0.39, 0.29) is 5.82 Å². The van der Waals surface area contributed by atoms with E-state index in [0.717, 1.165) is 11.3 Å². The third-order valence-electron chi connectivity index (χ3n) is 3.85. The van der Waals surface area contributed by atoms with Crippen LogP contribution in [0.4, 0.5) is 16.0 Å². The summed E-state index contributed by atoms with van der Waals surface area (Å²) < 4.78 is 14.6. The van der Waals surface area contributed by atoms with Gasteiger partial charge in [-0.05, 0) is 53.5 Å². The number of anilines is 2. The number of benzene rings is 2. The highest BCUT2D eigenvalue weighted by molar-refractivity contribution is 7.80. The maximum Gasteiger partial charge on any atom is 0.248 e. The lowest BCUT2D eigenvalue weighted by Gasteiger charge is -2.10. The molecule has 0 fully saturated rings. The molecule has 134 valence electrons. The molecule has 0 aliphatic carbocycles.